The number of ether oxygens (including phenoxy) is 1. The van der Waals surface area contributed by atoms with Gasteiger partial charge in [0.25, 0.3) is 5.91 Å². The van der Waals surface area contributed by atoms with Crippen molar-refractivity contribution < 1.29 is 23.9 Å². The van der Waals surface area contributed by atoms with E-state index >= 15 is 0 Å². The predicted molar refractivity (Wildman–Crippen MR) is 131 cm³/mol. The monoisotopic (exact) mass is 526 g/mol. The second kappa shape index (κ2) is 9.70. The van der Waals surface area contributed by atoms with Crippen molar-refractivity contribution in [3.05, 3.63) is 57.6 Å². The molecule has 178 valence electrons. The van der Waals surface area contributed by atoms with Crippen LogP contribution in [0.4, 0.5) is 11.4 Å². The number of benzene rings is 2. The molecular formula is C26H27BrN2O5. The van der Waals surface area contributed by atoms with E-state index < -0.39 is 18.5 Å². The summed E-state index contributed by atoms with van der Waals surface area (Å²) in [5.74, 6) is -1.73. The molecule has 3 atom stereocenters. The largest absolute Gasteiger partial charge is 0.452 e. The summed E-state index contributed by atoms with van der Waals surface area (Å²) in [5.41, 5.74) is 3.10. The summed E-state index contributed by atoms with van der Waals surface area (Å²) in [6.07, 6.45) is 2.35. The zero-order chi connectivity index (χ0) is 24.6. The molecule has 2 fully saturated rings. The molecule has 0 radical (unpaired) electrons. The van der Waals surface area contributed by atoms with E-state index in [9.17, 15) is 19.2 Å². The molecule has 8 heteroatoms. The summed E-state index contributed by atoms with van der Waals surface area (Å²) in [6, 6.07) is 9.89. The SMILES string of the molecule is Cc1cc(NC(=O)COC(=O)c2cccc(N3C(=O)[C@@H]4CC[C@H](C)C[C@H]4C3=O)c2)cc(C)c1Br. The molecule has 1 aliphatic carbocycles. The lowest BCUT2D eigenvalue weighted by Crippen LogP contribution is -2.31. The number of nitrogens with one attached hydrogen (secondary N) is 1. The third-order valence-electron chi connectivity index (χ3n) is 6.58. The van der Waals surface area contributed by atoms with Crippen LogP contribution in [0.3, 0.4) is 0 Å². The summed E-state index contributed by atoms with van der Waals surface area (Å²) in [5, 5.41) is 2.72. The number of nitrogens with zero attached hydrogens (tertiary/aromatic N) is 1. The number of rotatable bonds is 5. The highest BCUT2D eigenvalue weighted by molar-refractivity contribution is 9.10. The molecule has 1 N–H and O–H groups in total. The molecule has 1 saturated carbocycles. The third kappa shape index (κ3) is 4.78. The molecule has 1 saturated heterocycles. The Hall–Kier alpha value is -3.00. The van der Waals surface area contributed by atoms with Gasteiger partial charge in [0, 0.05) is 10.2 Å². The second-order valence-electron chi connectivity index (χ2n) is 9.24. The number of anilines is 2. The maximum Gasteiger partial charge on any atom is 0.338 e. The Kier molecular flexibility index (Phi) is 6.89. The Bertz CT molecular complexity index is 1150. The molecule has 7 nitrogen and oxygen atoms in total. The summed E-state index contributed by atoms with van der Waals surface area (Å²) in [7, 11) is 0. The Labute approximate surface area is 207 Å². The summed E-state index contributed by atoms with van der Waals surface area (Å²) in [6.45, 7) is 5.49. The lowest BCUT2D eigenvalue weighted by molar-refractivity contribution is -0.122. The van der Waals surface area contributed by atoms with E-state index in [0.717, 1.165) is 22.0 Å². The predicted octanol–water partition coefficient (Wildman–Crippen LogP) is 4.79. The van der Waals surface area contributed by atoms with Crippen LogP contribution in [0.1, 0.15) is 47.7 Å². The third-order valence-corrected chi connectivity index (χ3v) is 7.83. The number of carbonyl (C=O) groups is 4. The average Bonchev–Trinajstić information content (AvgIpc) is 3.05. The highest BCUT2D eigenvalue weighted by atomic mass is 79.9. The lowest BCUT2D eigenvalue weighted by atomic mass is 9.76. The van der Waals surface area contributed by atoms with Gasteiger partial charge in [0.15, 0.2) is 6.61 Å². The van der Waals surface area contributed by atoms with Gasteiger partial charge in [0.05, 0.1) is 23.1 Å². The first-order valence-corrected chi connectivity index (χ1v) is 12.2. The van der Waals surface area contributed by atoms with Gasteiger partial charge in [-0.2, -0.15) is 0 Å². The summed E-state index contributed by atoms with van der Waals surface area (Å²) >= 11 is 3.49. The van der Waals surface area contributed by atoms with E-state index in [1.807, 2.05) is 26.0 Å². The minimum atomic E-state index is -0.703. The van der Waals surface area contributed by atoms with Crippen LogP contribution < -0.4 is 10.2 Å². The molecule has 1 heterocycles. The average molecular weight is 527 g/mol. The first-order valence-electron chi connectivity index (χ1n) is 11.4. The summed E-state index contributed by atoms with van der Waals surface area (Å²) in [4.78, 5) is 52.0. The van der Waals surface area contributed by atoms with E-state index in [1.165, 1.54) is 17.0 Å². The number of hydrogen-bond donors (Lipinski definition) is 1. The minimum absolute atomic E-state index is 0.171. The number of esters is 1. The van der Waals surface area contributed by atoms with Crippen LogP contribution in [0.5, 0.6) is 0 Å². The number of carbonyl (C=O) groups excluding carboxylic acids is 4. The molecule has 34 heavy (non-hydrogen) atoms. The number of amides is 3. The van der Waals surface area contributed by atoms with Crippen molar-refractivity contribution in [1.82, 2.24) is 0 Å². The normalized spacial score (nSPS) is 21.9. The van der Waals surface area contributed by atoms with Crippen LogP contribution in [0.25, 0.3) is 0 Å². The van der Waals surface area contributed by atoms with Crippen LogP contribution >= 0.6 is 15.9 Å². The van der Waals surface area contributed by atoms with Gasteiger partial charge < -0.3 is 10.1 Å². The van der Waals surface area contributed by atoms with E-state index in [2.05, 4.69) is 28.2 Å². The molecule has 2 aliphatic rings. The molecule has 4 rings (SSSR count). The molecule has 2 aromatic carbocycles. The Morgan fingerprint density at radius 1 is 1.06 bits per heavy atom. The van der Waals surface area contributed by atoms with Crippen molar-refractivity contribution >= 4 is 51.0 Å². The number of halogens is 1. The van der Waals surface area contributed by atoms with Crippen molar-refractivity contribution in [2.45, 2.75) is 40.0 Å². The van der Waals surface area contributed by atoms with Crippen molar-refractivity contribution in [2.75, 3.05) is 16.8 Å². The highest BCUT2D eigenvalue weighted by Crippen LogP contribution is 2.42. The van der Waals surface area contributed by atoms with Crippen LogP contribution in [-0.4, -0.2) is 30.3 Å². The van der Waals surface area contributed by atoms with E-state index in [0.29, 0.717) is 30.1 Å². The Morgan fingerprint density at radius 3 is 2.44 bits per heavy atom. The van der Waals surface area contributed by atoms with Gasteiger partial charge >= 0.3 is 5.97 Å². The fraction of sp³-hybridized carbons (Fsp3) is 0.385. The van der Waals surface area contributed by atoms with Crippen LogP contribution in [-0.2, 0) is 19.1 Å². The molecule has 0 unspecified atom stereocenters. The van der Waals surface area contributed by atoms with Crippen molar-refractivity contribution in [2.24, 2.45) is 17.8 Å². The standard InChI is InChI=1S/C26H27BrN2O5/c1-14-7-8-20-21(9-14)25(32)29(24(20)31)19-6-4-5-17(12-19)26(33)34-13-22(30)28-18-10-15(2)23(27)16(3)11-18/h4-6,10-12,14,20-21H,7-9,13H2,1-3H3,(H,28,30)/t14-,20+,21+/m0/s1. The number of fused-ring (bicyclic) bond motifs is 1. The zero-order valence-corrected chi connectivity index (χ0v) is 21.0. The number of hydrogen-bond acceptors (Lipinski definition) is 5. The Balaban J connectivity index is 1.41. The van der Waals surface area contributed by atoms with Gasteiger partial charge in [-0.1, -0.05) is 28.9 Å². The van der Waals surface area contributed by atoms with Crippen molar-refractivity contribution in [3.8, 4) is 0 Å². The van der Waals surface area contributed by atoms with Crippen LogP contribution in [0.15, 0.2) is 40.9 Å². The fourth-order valence-electron chi connectivity index (χ4n) is 4.85. The van der Waals surface area contributed by atoms with E-state index in [1.54, 1.807) is 12.1 Å². The Morgan fingerprint density at radius 2 is 1.74 bits per heavy atom. The second-order valence-corrected chi connectivity index (χ2v) is 10.0. The first kappa shape index (κ1) is 24.1. The minimum Gasteiger partial charge on any atom is -0.452 e. The number of imide groups is 1. The van der Waals surface area contributed by atoms with E-state index in [4.69, 9.17) is 4.74 Å². The lowest BCUT2D eigenvalue weighted by Gasteiger charge is -2.25. The van der Waals surface area contributed by atoms with Gasteiger partial charge in [-0.05, 0) is 80.5 Å². The van der Waals surface area contributed by atoms with Crippen LogP contribution in [0, 0.1) is 31.6 Å². The molecular weight excluding hydrogens is 500 g/mol. The van der Waals surface area contributed by atoms with Crippen molar-refractivity contribution in [1.29, 1.82) is 0 Å². The maximum atomic E-state index is 13.0. The first-order chi connectivity index (χ1) is 16.2. The molecule has 1 aliphatic heterocycles. The molecule has 0 aromatic heterocycles. The molecule has 2 aromatic rings. The fourth-order valence-corrected chi connectivity index (χ4v) is 5.07. The van der Waals surface area contributed by atoms with E-state index in [-0.39, 0.29) is 29.2 Å². The molecule has 3 amide bonds. The van der Waals surface area contributed by atoms with Crippen molar-refractivity contribution in [3.63, 3.8) is 0 Å². The smallest absolute Gasteiger partial charge is 0.338 e. The van der Waals surface area contributed by atoms with Gasteiger partial charge in [-0.3, -0.25) is 19.3 Å². The van der Waals surface area contributed by atoms with Gasteiger partial charge in [0.2, 0.25) is 11.8 Å². The highest BCUT2D eigenvalue weighted by Gasteiger charge is 2.50. The molecule has 0 spiro atoms. The van der Waals surface area contributed by atoms with Gasteiger partial charge in [-0.25, -0.2) is 4.79 Å². The number of aryl methyl sites for hydroxylation is 2. The van der Waals surface area contributed by atoms with Gasteiger partial charge in [0.1, 0.15) is 0 Å². The zero-order valence-electron chi connectivity index (χ0n) is 19.4. The summed E-state index contributed by atoms with van der Waals surface area (Å²) < 4.78 is 6.15. The molecule has 0 bridgehead atoms. The maximum absolute atomic E-state index is 13.0. The van der Waals surface area contributed by atoms with Crippen LogP contribution in [0.2, 0.25) is 0 Å². The topological polar surface area (TPSA) is 92.8 Å². The van der Waals surface area contributed by atoms with Gasteiger partial charge in [-0.15, -0.1) is 0 Å². The quantitative estimate of drug-likeness (QED) is 0.446.